The van der Waals surface area contributed by atoms with Gasteiger partial charge in [0.1, 0.15) is 11.4 Å². The normalized spacial score (nSPS) is 12.5. The highest BCUT2D eigenvalue weighted by atomic mass is 16.6. The van der Waals surface area contributed by atoms with Crippen LogP contribution >= 0.6 is 0 Å². The summed E-state index contributed by atoms with van der Waals surface area (Å²) in [4.78, 5) is 23.1. The number of carbonyl (C=O) groups excluding carboxylic acids is 1. The van der Waals surface area contributed by atoms with Crippen LogP contribution in [0.4, 0.5) is 0 Å². The Morgan fingerprint density at radius 1 is 1.12 bits per heavy atom. The number of hydrogen-bond donors (Lipinski definition) is 1. The third kappa shape index (κ3) is 7.99. The number of unbranched alkanes of at least 4 members (excludes halogenated alkanes) is 1. The fraction of sp³-hybridized carbons (Fsp3) is 0.579. The lowest BCUT2D eigenvalue weighted by Crippen LogP contribution is -2.27. The van der Waals surface area contributed by atoms with Crippen LogP contribution in [0.5, 0.6) is 5.75 Å². The number of hydrogen-bond acceptors (Lipinski definition) is 4. The van der Waals surface area contributed by atoms with E-state index in [1.165, 1.54) is 5.56 Å². The van der Waals surface area contributed by atoms with Gasteiger partial charge in [-0.25, -0.2) is 0 Å². The number of rotatable bonds is 9. The number of aryl methyl sites for hydroxylation is 1. The maximum absolute atomic E-state index is 11.8. The Bertz CT molecular complexity index is 528. The van der Waals surface area contributed by atoms with Crippen molar-refractivity contribution in [1.29, 1.82) is 0 Å². The van der Waals surface area contributed by atoms with Gasteiger partial charge in [-0.3, -0.25) is 9.59 Å². The molecule has 0 heterocycles. The Morgan fingerprint density at radius 3 is 2.25 bits per heavy atom. The van der Waals surface area contributed by atoms with E-state index < -0.39 is 23.5 Å². The first-order chi connectivity index (χ1) is 11.2. The molecule has 0 aliphatic rings. The minimum absolute atomic E-state index is 0.0743. The molecule has 0 saturated carbocycles. The molecule has 1 N–H and O–H groups in total. The van der Waals surface area contributed by atoms with Crippen LogP contribution in [0.1, 0.15) is 52.0 Å². The first kappa shape index (κ1) is 20.0. The minimum Gasteiger partial charge on any atom is -0.497 e. The second kappa shape index (κ2) is 9.30. The van der Waals surface area contributed by atoms with Gasteiger partial charge in [-0.1, -0.05) is 18.6 Å². The lowest BCUT2D eigenvalue weighted by molar-refractivity contribution is -0.160. The molecule has 0 aromatic heterocycles. The monoisotopic (exact) mass is 336 g/mol. The first-order valence-electron chi connectivity index (χ1n) is 8.29. The van der Waals surface area contributed by atoms with E-state index in [0.29, 0.717) is 6.42 Å². The van der Waals surface area contributed by atoms with E-state index in [2.05, 4.69) is 0 Å². The third-order valence-electron chi connectivity index (χ3n) is 3.61. The van der Waals surface area contributed by atoms with Crippen molar-refractivity contribution >= 4 is 11.9 Å². The summed E-state index contributed by atoms with van der Waals surface area (Å²) >= 11 is 0. The average molecular weight is 336 g/mol. The Hall–Kier alpha value is -2.04. The molecule has 0 aliphatic heterocycles. The molecule has 1 unspecified atom stereocenters. The SMILES string of the molecule is COc1ccc(CCCCC(CC(=O)OC(C)(C)C)C(=O)O)cc1. The van der Waals surface area contributed by atoms with E-state index >= 15 is 0 Å². The van der Waals surface area contributed by atoms with Gasteiger partial charge in [-0.15, -0.1) is 0 Å². The van der Waals surface area contributed by atoms with Crippen molar-refractivity contribution in [3.63, 3.8) is 0 Å². The number of carboxylic acid groups (broad SMARTS) is 1. The maximum Gasteiger partial charge on any atom is 0.307 e. The third-order valence-corrected chi connectivity index (χ3v) is 3.61. The van der Waals surface area contributed by atoms with Crippen LogP contribution in [-0.4, -0.2) is 29.8 Å². The van der Waals surface area contributed by atoms with Gasteiger partial charge in [-0.2, -0.15) is 0 Å². The largest absolute Gasteiger partial charge is 0.497 e. The number of esters is 1. The van der Waals surface area contributed by atoms with E-state index in [0.717, 1.165) is 25.0 Å². The Morgan fingerprint density at radius 2 is 1.75 bits per heavy atom. The van der Waals surface area contributed by atoms with Crippen LogP contribution in [0.15, 0.2) is 24.3 Å². The highest BCUT2D eigenvalue weighted by Crippen LogP contribution is 2.19. The molecule has 1 atom stereocenters. The predicted octanol–water partition coefficient (Wildman–Crippen LogP) is 3.84. The molecule has 0 radical (unpaired) electrons. The number of benzene rings is 1. The smallest absolute Gasteiger partial charge is 0.307 e. The van der Waals surface area contributed by atoms with Crippen molar-refractivity contribution in [2.24, 2.45) is 5.92 Å². The zero-order valence-corrected chi connectivity index (χ0v) is 15.0. The summed E-state index contributed by atoms with van der Waals surface area (Å²) in [7, 11) is 1.63. The predicted molar refractivity (Wildman–Crippen MR) is 92.1 cm³/mol. The van der Waals surface area contributed by atoms with Crippen molar-refractivity contribution in [3.05, 3.63) is 29.8 Å². The summed E-state index contributed by atoms with van der Waals surface area (Å²) in [5.41, 5.74) is 0.601. The summed E-state index contributed by atoms with van der Waals surface area (Å²) in [5, 5.41) is 9.27. The van der Waals surface area contributed by atoms with Crippen molar-refractivity contribution < 1.29 is 24.2 Å². The molecule has 0 spiro atoms. The zero-order chi connectivity index (χ0) is 18.2. The molecular weight excluding hydrogens is 308 g/mol. The van der Waals surface area contributed by atoms with Crippen molar-refractivity contribution in [3.8, 4) is 5.75 Å². The Labute approximate surface area is 144 Å². The average Bonchev–Trinajstić information content (AvgIpc) is 2.48. The highest BCUT2D eigenvalue weighted by molar-refractivity contribution is 5.78. The van der Waals surface area contributed by atoms with Gasteiger partial charge in [0, 0.05) is 0 Å². The molecule has 1 aromatic carbocycles. The van der Waals surface area contributed by atoms with Gasteiger partial charge in [0.2, 0.25) is 0 Å². The molecule has 1 rings (SSSR count). The van der Waals surface area contributed by atoms with Gasteiger partial charge in [-0.05, 0) is 57.7 Å². The lowest BCUT2D eigenvalue weighted by atomic mass is 9.96. The van der Waals surface area contributed by atoms with E-state index in [4.69, 9.17) is 9.47 Å². The van der Waals surface area contributed by atoms with Crippen LogP contribution in [-0.2, 0) is 20.7 Å². The van der Waals surface area contributed by atoms with Gasteiger partial charge >= 0.3 is 11.9 Å². The summed E-state index contributed by atoms with van der Waals surface area (Å²) in [5.74, 6) is -1.26. The lowest BCUT2D eigenvalue weighted by Gasteiger charge is -2.21. The van der Waals surface area contributed by atoms with Crippen LogP contribution in [0, 0.1) is 5.92 Å². The Kier molecular flexibility index (Phi) is 7.75. The number of aliphatic carboxylic acids is 1. The van der Waals surface area contributed by atoms with Gasteiger partial charge < -0.3 is 14.6 Å². The molecule has 0 saturated heterocycles. The highest BCUT2D eigenvalue weighted by Gasteiger charge is 2.24. The van der Waals surface area contributed by atoms with Gasteiger partial charge in [0.15, 0.2) is 0 Å². The molecule has 5 nitrogen and oxygen atoms in total. The van der Waals surface area contributed by atoms with Crippen LogP contribution in [0.25, 0.3) is 0 Å². The molecule has 1 aromatic rings. The molecule has 0 fully saturated rings. The summed E-state index contributed by atoms with van der Waals surface area (Å²) in [6.07, 6.45) is 2.92. The second-order valence-corrected chi connectivity index (χ2v) is 6.92. The standard InChI is InChI=1S/C19H28O5/c1-19(2,3)24-17(20)13-15(18(21)22)8-6-5-7-14-9-11-16(23-4)12-10-14/h9-12,15H,5-8,13H2,1-4H3,(H,21,22). The molecule has 5 heteroatoms. The number of ether oxygens (including phenoxy) is 2. The fourth-order valence-electron chi connectivity index (χ4n) is 2.41. The van der Waals surface area contributed by atoms with Crippen LogP contribution < -0.4 is 4.74 Å². The molecule has 0 aliphatic carbocycles. The number of methoxy groups -OCH3 is 1. The quantitative estimate of drug-likeness (QED) is 0.548. The van der Waals surface area contributed by atoms with Crippen molar-refractivity contribution in [2.45, 2.75) is 58.5 Å². The maximum atomic E-state index is 11.8. The Balaban J connectivity index is 2.38. The van der Waals surface area contributed by atoms with E-state index in [1.807, 2.05) is 24.3 Å². The summed E-state index contributed by atoms with van der Waals surface area (Å²) in [6, 6.07) is 7.85. The van der Waals surface area contributed by atoms with Crippen LogP contribution in [0.3, 0.4) is 0 Å². The van der Waals surface area contributed by atoms with Crippen molar-refractivity contribution in [2.75, 3.05) is 7.11 Å². The first-order valence-corrected chi connectivity index (χ1v) is 8.29. The van der Waals surface area contributed by atoms with E-state index in [9.17, 15) is 14.7 Å². The molecule has 0 bridgehead atoms. The van der Waals surface area contributed by atoms with Crippen LogP contribution in [0.2, 0.25) is 0 Å². The summed E-state index contributed by atoms with van der Waals surface area (Å²) < 4.78 is 10.3. The second-order valence-electron chi connectivity index (χ2n) is 6.92. The molecule has 0 amide bonds. The molecule has 134 valence electrons. The fourth-order valence-corrected chi connectivity index (χ4v) is 2.41. The summed E-state index contributed by atoms with van der Waals surface area (Å²) in [6.45, 7) is 5.32. The minimum atomic E-state index is -0.940. The van der Waals surface area contributed by atoms with E-state index in [1.54, 1.807) is 27.9 Å². The zero-order valence-electron chi connectivity index (χ0n) is 15.0. The molecule has 24 heavy (non-hydrogen) atoms. The van der Waals surface area contributed by atoms with E-state index in [-0.39, 0.29) is 6.42 Å². The number of carboxylic acids is 1. The topological polar surface area (TPSA) is 72.8 Å². The van der Waals surface area contributed by atoms with Gasteiger partial charge in [0.25, 0.3) is 0 Å². The number of carbonyl (C=O) groups is 2. The van der Waals surface area contributed by atoms with Crippen molar-refractivity contribution in [1.82, 2.24) is 0 Å². The molecular formula is C19H28O5. The van der Waals surface area contributed by atoms with Gasteiger partial charge in [0.05, 0.1) is 19.4 Å².